The molecule has 35 heavy (non-hydrogen) atoms. The zero-order chi connectivity index (χ0) is 25.0. The summed E-state index contributed by atoms with van der Waals surface area (Å²) in [6, 6.07) is 14.1. The molecule has 0 N–H and O–H groups in total. The Balaban J connectivity index is 0.000000642. The van der Waals surface area contributed by atoms with Crippen molar-refractivity contribution in [3.05, 3.63) is 70.8 Å². The molecular formula is C30H42O4Pb. The van der Waals surface area contributed by atoms with E-state index in [2.05, 4.69) is 13.8 Å². The van der Waals surface area contributed by atoms with Crippen LogP contribution in [0.3, 0.4) is 0 Å². The molecule has 0 bridgehead atoms. The summed E-state index contributed by atoms with van der Waals surface area (Å²) >= 11 is 0. The minimum atomic E-state index is -1.10. The number of benzene rings is 2. The molecule has 2 aromatic carbocycles. The molecule has 0 aliphatic carbocycles. The number of carboxylic acids is 2. The molecule has 0 fully saturated rings. The van der Waals surface area contributed by atoms with E-state index in [1.165, 1.54) is 88.2 Å². The van der Waals surface area contributed by atoms with Crippen molar-refractivity contribution in [1.82, 2.24) is 0 Å². The first-order valence-electron chi connectivity index (χ1n) is 13.1. The fourth-order valence-corrected chi connectivity index (χ4v) is 3.83. The van der Waals surface area contributed by atoms with Crippen molar-refractivity contribution in [2.24, 2.45) is 0 Å². The van der Waals surface area contributed by atoms with Gasteiger partial charge in [0.05, 0.1) is 11.9 Å². The van der Waals surface area contributed by atoms with Crippen LogP contribution < -0.4 is 10.2 Å². The minimum Gasteiger partial charge on any atom is -0.545 e. The predicted molar refractivity (Wildman–Crippen MR) is 141 cm³/mol. The molecule has 0 saturated heterocycles. The average molecular weight is 674 g/mol. The zero-order valence-electron chi connectivity index (χ0n) is 21.7. The van der Waals surface area contributed by atoms with E-state index < -0.39 is 11.9 Å². The monoisotopic (exact) mass is 674 g/mol. The van der Waals surface area contributed by atoms with Crippen LogP contribution in [0.15, 0.2) is 48.5 Å². The maximum Gasteiger partial charge on any atom is 2.00 e. The molecule has 5 heteroatoms. The molecule has 0 atom stereocenters. The van der Waals surface area contributed by atoms with Gasteiger partial charge in [0, 0.05) is 0 Å². The van der Waals surface area contributed by atoms with Crippen LogP contribution in [0.25, 0.3) is 0 Å². The molecule has 2 radical (unpaired) electrons. The van der Waals surface area contributed by atoms with E-state index >= 15 is 0 Å². The van der Waals surface area contributed by atoms with Gasteiger partial charge in [0.1, 0.15) is 0 Å². The van der Waals surface area contributed by atoms with Crippen molar-refractivity contribution in [3.63, 3.8) is 0 Å². The summed E-state index contributed by atoms with van der Waals surface area (Å²) in [4.78, 5) is 21.1. The summed E-state index contributed by atoms with van der Waals surface area (Å²) in [5.41, 5.74) is 2.95. The molecule has 0 saturated carbocycles. The van der Waals surface area contributed by atoms with Crippen LogP contribution in [0, 0.1) is 0 Å². The molecule has 0 amide bonds. The number of hydrogen-bond acceptors (Lipinski definition) is 4. The maximum atomic E-state index is 10.6. The number of aromatic carboxylic acids is 2. The largest absolute Gasteiger partial charge is 2.00 e. The first kappa shape index (κ1) is 33.3. The van der Waals surface area contributed by atoms with Gasteiger partial charge in [-0.1, -0.05) is 127 Å². The molecule has 2 aromatic rings. The molecule has 0 aliphatic heterocycles. The Morgan fingerprint density at radius 2 is 0.800 bits per heavy atom. The first-order chi connectivity index (χ1) is 16.5. The fourth-order valence-electron chi connectivity index (χ4n) is 3.83. The molecule has 0 spiro atoms. The standard InChI is InChI=1S/2C15H22O2.Pb/c2*1-2-3-4-5-6-7-8-13-9-11-14(12-10-13)15(16)17;/h2*9-12H,2-8H2,1H3,(H,16,17);/q;;+2/p-2. The average Bonchev–Trinajstić information content (AvgIpc) is 2.84. The third-order valence-electron chi connectivity index (χ3n) is 6.02. The Bertz CT molecular complexity index is 731. The number of hydrogen-bond donors (Lipinski definition) is 0. The number of carbonyl (C=O) groups is 2. The molecule has 190 valence electrons. The molecule has 4 nitrogen and oxygen atoms in total. The normalized spacial score (nSPS) is 10.1. The third kappa shape index (κ3) is 16.6. The smallest absolute Gasteiger partial charge is 0.545 e. The number of carboxylic acid groups (broad SMARTS) is 2. The van der Waals surface area contributed by atoms with Crippen molar-refractivity contribution in [1.29, 1.82) is 0 Å². The predicted octanol–water partition coefficient (Wildman–Crippen LogP) is 5.53. The van der Waals surface area contributed by atoms with Gasteiger partial charge in [-0.3, -0.25) is 0 Å². The van der Waals surface area contributed by atoms with E-state index in [4.69, 9.17) is 0 Å². The summed E-state index contributed by atoms with van der Waals surface area (Å²) in [5, 5.41) is 21.1. The topological polar surface area (TPSA) is 80.3 Å². The summed E-state index contributed by atoms with van der Waals surface area (Å²) in [6.07, 6.45) is 17.5. The SMILES string of the molecule is CCCCCCCCc1ccc(C(=O)[O-])cc1.CCCCCCCCc1ccc(C(=O)[O-])cc1.[Pb+2]. The Morgan fingerprint density at radius 3 is 1.09 bits per heavy atom. The summed E-state index contributed by atoms with van der Waals surface area (Å²) in [6.45, 7) is 4.44. The summed E-state index contributed by atoms with van der Waals surface area (Å²) < 4.78 is 0. The van der Waals surface area contributed by atoms with Crippen LogP contribution in [0.2, 0.25) is 0 Å². The number of aryl methyl sites for hydroxylation is 2. The summed E-state index contributed by atoms with van der Waals surface area (Å²) in [5.74, 6) is -2.20. The van der Waals surface area contributed by atoms with E-state index in [0.29, 0.717) is 0 Å². The fraction of sp³-hybridized carbons (Fsp3) is 0.533. The zero-order valence-corrected chi connectivity index (χ0v) is 25.5. The van der Waals surface area contributed by atoms with Crippen LogP contribution in [0.1, 0.15) is 123 Å². The Morgan fingerprint density at radius 1 is 0.514 bits per heavy atom. The Hall–Kier alpha value is -1.70. The van der Waals surface area contributed by atoms with E-state index in [1.807, 2.05) is 24.3 Å². The van der Waals surface area contributed by atoms with Gasteiger partial charge >= 0.3 is 27.3 Å². The second kappa shape index (κ2) is 21.6. The molecule has 2 rings (SSSR count). The minimum absolute atomic E-state index is 0. The van der Waals surface area contributed by atoms with Crippen molar-refractivity contribution in [3.8, 4) is 0 Å². The van der Waals surface area contributed by atoms with Crippen LogP contribution in [-0.2, 0) is 12.8 Å². The van der Waals surface area contributed by atoms with E-state index in [-0.39, 0.29) is 38.4 Å². The van der Waals surface area contributed by atoms with Gasteiger partial charge in [-0.2, -0.15) is 0 Å². The second-order valence-electron chi connectivity index (χ2n) is 9.00. The molecule has 0 unspecified atom stereocenters. The molecule has 0 aliphatic rings. The van der Waals surface area contributed by atoms with Gasteiger partial charge in [-0.05, 0) is 47.9 Å². The van der Waals surface area contributed by atoms with Gasteiger partial charge in [0.25, 0.3) is 0 Å². The van der Waals surface area contributed by atoms with E-state index in [1.54, 1.807) is 24.3 Å². The van der Waals surface area contributed by atoms with Crippen molar-refractivity contribution in [2.45, 2.75) is 104 Å². The maximum absolute atomic E-state index is 10.6. The van der Waals surface area contributed by atoms with Crippen molar-refractivity contribution in [2.75, 3.05) is 0 Å². The molecular weight excluding hydrogens is 632 g/mol. The van der Waals surface area contributed by atoms with Gasteiger partial charge < -0.3 is 19.8 Å². The van der Waals surface area contributed by atoms with Crippen molar-refractivity contribution >= 4 is 39.2 Å². The molecule has 0 heterocycles. The third-order valence-corrected chi connectivity index (χ3v) is 6.02. The van der Waals surface area contributed by atoms with Crippen molar-refractivity contribution < 1.29 is 19.8 Å². The number of rotatable bonds is 16. The molecule has 0 aromatic heterocycles. The number of unbranched alkanes of at least 4 members (excludes halogenated alkanes) is 10. The van der Waals surface area contributed by atoms with Gasteiger partial charge in [0.15, 0.2) is 0 Å². The van der Waals surface area contributed by atoms with Gasteiger partial charge in [-0.25, -0.2) is 0 Å². The second-order valence-corrected chi connectivity index (χ2v) is 9.00. The van der Waals surface area contributed by atoms with Crippen LogP contribution in [0.4, 0.5) is 0 Å². The van der Waals surface area contributed by atoms with Gasteiger partial charge in [0.2, 0.25) is 0 Å². The van der Waals surface area contributed by atoms with Crippen LogP contribution in [0.5, 0.6) is 0 Å². The van der Waals surface area contributed by atoms with Crippen LogP contribution in [-0.4, -0.2) is 39.2 Å². The quantitative estimate of drug-likeness (QED) is 0.174. The Kier molecular flexibility index (Phi) is 20.5. The Labute approximate surface area is 232 Å². The number of carbonyl (C=O) groups excluding carboxylic acids is 2. The first-order valence-corrected chi connectivity index (χ1v) is 13.1. The van der Waals surface area contributed by atoms with E-state index in [0.717, 1.165) is 12.8 Å². The van der Waals surface area contributed by atoms with Gasteiger partial charge in [-0.15, -0.1) is 0 Å². The summed E-state index contributed by atoms with van der Waals surface area (Å²) in [7, 11) is 0. The van der Waals surface area contributed by atoms with Crippen LogP contribution >= 0.6 is 0 Å². The van der Waals surface area contributed by atoms with E-state index in [9.17, 15) is 19.8 Å².